The fourth-order valence-corrected chi connectivity index (χ4v) is 2.14. The Morgan fingerprint density at radius 1 is 1.44 bits per heavy atom. The van der Waals surface area contributed by atoms with E-state index in [0.717, 1.165) is 5.69 Å². The summed E-state index contributed by atoms with van der Waals surface area (Å²) in [6.07, 6.45) is 0.462. The summed E-state index contributed by atoms with van der Waals surface area (Å²) in [4.78, 5) is 0. The molecule has 0 atom stereocenters. The highest BCUT2D eigenvalue weighted by molar-refractivity contribution is 7.99. The van der Waals surface area contributed by atoms with E-state index in [1.54, 1.807) is 11.8 Å². The number of hydrogen-bond donors (Lipinski definition) is 0. The molecule has 0 aliphatic carbocycles. The summed E-state index contributed by atoms with van der Waals surface area (Å²) in [5.74, 6) is 1.36. The molecule has 0 aliphatic heterocycles. The van der Waals surface area contributed by atoms with Gasteiger partial charge in [0.05, 0.1) is 13.2 Å². The molecule has 0 saturated heterocycles. The molecule has 0 radical (unpaired) electrons. The lowest BCUT2D eigenvalue weighted by molar-refractivity contribution is 0.410. The molecule has 0 aliphatic rings. The second kappa shape index (κ2) is 6.02. The maximum atomic E-state index is 8.52. The molecule has 0 unspecified atom stereocenters. The lowest BCUT2D eigenvalue weighted by atomic mass is 10.3. The highest BCUT2D eigenvalue weighted by Gasteiger charge is 2.12. The number of benzene rings is 1. The zero-order valence-electron chi connectivity index (χ0n) is 9.78. The highest BCUT2D eigenvalue weighted by atomic mass is 32.2. The van der Waals surface area contributed by atoms with Gasteiger partial charge in [-0.15, -0.1) is 5.10 Å². The van der Waals surface area contributed by atoms with Crippen LogP contribution in [0.4, 0.5) is 0 Å². The molecule has 1 heterocycles. The molecule has 0 N–H and O–H groups in total. The monoisotopic (exact) mass is 261 g/mol. The van der Waals surface area contributed by atoms with E-state index in [2.05, 4.69) is 21.6 Å². The molecule has 0 amide bonds. The standard InChI is InChI=1S/C11H11N5OS/c1-17-10-6-3-2-5-9(10)16-11(13-14-15-16)18-8-4-7-12/h2-3,5-6H,4,8H2,1H3. The molecule has 6 nitrogen and oxygen atoms in total. The Balaban J connectivity index is 2.28. The van der Waals surface area contributed by atoms with Gasteiger partial charge in [0.2, 0.25) is 5.16 Å². The molecular weight excluding hydrogens is 250 g/mol. The minimum absolute atomic E-state index is 0.462. The van der Waals surface area contributed by atoms with Crippen LogP contribution in [-0.4, -0.2) is 33.1 Å². The van der Waals surface area contributed by atoms with E-state index < -0.39 is 0 Å². The molecule has 18 heavy (non-hydrogen) atoms. The van der Waals surface area contributed by atoms with Crippen LogP contribution < -0.4 is 4.74 Å². The molecule has 1 aromatic heterocycles. The Hall–Kier alpha value is -2.07. The molecule has 0 bridgehead atoms. The van der Waals surface area contributed by atoms with Gasteiger partial charge in [0.1, 0.15) is 11.4 Å². The minimum atomic E-state index is 0.462. The van der Waals surface area contributed by atoms with E-state index in [4.69, 9.17) is 10.00 Å². The SMILES string of the molecule is COc1ccccc1-n1nnnc1SCCC#N. The van der Waals surface area contributed by atoms with E-state index in [-0.39, 0.29) is 0 Å². The van der Waals surface area contributed by atoms with Crippen molar-refractivity contribution in [3.63, 3.8) is 0 Å². The number of aromatic nitrogens is 4. The smallest absolute Gasteiger partial charge is 0.214 e. The van der Waals surface area contributed by atoms with Crippen molar-refractivity contribution in [2.75, 3.05) is 12.9 Å². The number of para-hydroxylation sites is 2. The zero-order chi connectivity index (χ0) is 12.8. The Morgan fingerprint density at radius 3 is 3.06 bits per heavy atom. The first-order chi connectivity index (χ1) is 8.86. The van der Waals surface area contributed by atoms with E-state index in [1.807, 2.05) is 24.3 Å². The minimum Gasteiger partial charge on any atom is -0.494 e. The Bertz CT molecular complexity index is 563. The van der Waals surface area contributed by atoms with Crippen LogP contribution in [-0.2, 0) is 0 Å². The molecule has 92 valence electrons. The summed E-state index contributed by atoms with van der Waals surface area (Å²) < 4.78 is 6.88. The predicted molar refractivity (Wildman–Crippen MR) is 66.7 cm³/mol. The Morgan fingerprint density at radius 2 is 2.28 bits per heavy atom. The van der Waals surface area contributed by atoms with Gasteiger partial charge in [-0.25, -0.2) is 0 Å². The highest BCUT2D eigenvalue weighted by Crippen LogP contribution is 2.25. The van der Waals surface area contributed by atoms with Gasteiger partial charge in [-0.1, -0.05) is 23.9 Å². The number of nitriles is 1. The summed E-state index contributed by atoms with van der Waals surface area (Å²) in [6.45, 7) is 0. The quantitative estimate of drug-likeness (QED) is 0.602. The average Bonchev–Trinajstić information content (AvgIpc) is 2.87. The van der Waals surface area contributed by atoms with E-state index in [0.29, 0.717) is 23.1 Å². The summed E-state index contributed by atoms with van der Waals surface area (Å²) in [7, 11) is 1.60. The molecule has 0 fully saturated rings. The van der Waals surface area contributed by atoms with Gasteiger partial charge >= 0.3 is 0 Å². The Kier molecular flexibility index (Phi) is 4.15. The third-order valence-electron chi connectivity index (χ3n) is 2.20. The molecule has 7 heteroatoms. The number of ether oxygens (including phenoxy) is 1. The van der Waals surface area contributed by atoms with Crippen molar-refractivity contribution in [2.45, 2.75) is 11.6 Å². The van der Waals surface area contributed by atoms with Crippen LogP contribution in [0.1, 0.15) is 6.42 Å². The van der Waals surface area contributed by atoms with Gasteiger partial charge in [0.25, 0.3) is 0 Å². The Labute approximate surface area is 109 Å². The third-order valence-corrected chi connectivity index (χ3v) is 3.12. The topological polar surface area (TPSA) is 76.6 Å². The third kappa shape index (κ3) is 2.60. The van der Waals surface area contributed by atoms with Crippen LogP contribution in [0.25, 0.3) is 5.69 Å². The first-order valence-corrected chi connectivity index (χ1v) is 6.27. The van der Waals surface area contributed by atoms with Crippen LogP contribution in [0.15, 0.2) is 29.4 Å². The molecular formula is C11H11N5OS. The van der Waals surface area contributed by atoms with Gasteiger partial charge < -0.3 is 4.74 Å². The van der Waals surface area contributed by atoms with Crippen molar-refractivity contribution >= 4 is 11.8 Å². The van der Waals surface area contributed by atoms with Crippen molar-refractivity contribution in [3.8, 4) is 17.5 Å². The normalized spacial score (nSPS) is 10.0. The van der Waals surface area contributed by atoms with Crippen molar-refractivity contribution in [2.24, 2.45) is 0 Å². The second-order valence-electron chi connectivity index (χ2n) is 3.30. The number of tetrazole rings is 1. The van der Waals surface area contributed by atoms with Crippen LogP contribution >= 0.6 is 11.8 Å². The van der Waals surface area contributed by atoms with Crippen molar-refractivity contribution in [3.05, 3.63) is 24.3 Å². The van der Waals surface area contributed by atoms with Gasteiger partial charge in [0.15, 0.2) is 0 Å². The zero-order valence-corrected chi connectivity index (χ0v) is 10.6. The van der Waals surface area contributed by atoms with E-state index in [9.17, 15) is 0 Å². The maximum absolute atomic E-state index is 8.52. The first-order valence-electron chi connectivity index (χ1n) is 5.28. The van der Waals surface area contributed by atoms with Crippen LogP contribution in [0.3, 0.4) is 0 Å². The van der Waals surface area contributed by atoms with Crippen molar-refractivity contribution in [1.29, 1.82) is 5.26 Å². The van der Waals surface area contributed by atoms with E-state index in [1.165, 1.54) is 11.8 Å². The average molecular weight is 261 g/mol. The van der Waals surface area contributed by atoms with Gasteiger partial charge in [-0.3, -0.25) is 0 Å². The van der Waals surface area contributed by atoms with Gasteiger partial charge in [-0.2, -0.15) is 9.94 Å². The predicted octanol–water partition coefficient (Wildman–Crippen LogP) is 1.68. The lowest BCUT2D eigenvalue weighted by Crippen LogP contribution is -2.01. The fraction of sp³-hybridized carbons (Fsp3) is 0.273. The number of hydrogen-bond acceptors (Lipinski definition) is 6. The maximum Gasteiger partial charge on any atom is 0.214 e. The van der Waals surface area contributed by atoms with Gasteiger partial charge in [0, 0.05) is 12.2 Å². The number of nitrogens with zero attached hydrogens (tertiary/aromatic N) is 5. The number of thioether (sulfide) groups is 1. The summed E-state index contributed by atoms with van der Waals surface area (Å²) >= 11 is 1.44. The summed E-state index contributed by atoms with van der Waals surface area (Å²) in [5, 5.41) is 20.7. The largest absolute Gasteiger partial charge is 0.494 e. The second-order valence-corrected chi connectivity index (χ2v) is 4.36. The van der Waals surface area contributed by atoms with Crippen molar-refractivity contribution < 1.29 is 4.74 Å². The van der Waals surface area contributed by atoms with Crippen LogP contribution in [0.2, 0.25) is 0 Å². The first kappa shape index (κ1) is 12.4. The molecule has 2 aromatic rings. The van der Waals surface area contributed by atoms with E-state index >= 15 is 0 Å². The number of rotatable bonds is 5. The molecule has 2 rings (SSSR count). The lowest BCUT2D eigenvalue weighted by Gasteiger charge is -2.08. The molecule has 0 saturated carbocycles. The van der Waals surface area contributed by atoms with Gasteiger partial charge in [-0.05, 0) is 22.6 Å². The van der Waals surface area contributed by atoms with Crippen molar-refractivity contribution in [1.82, 2.24) is 20.2 Å². The van der Waals surface area contributed by atoms with Crippen LogP contribution in [0.5, 0.6) is 5.75 Å². The summed E-state index contributed by atoms with van der Waals surface area (Å²) in [6, 6.07) is 9.59. The summed E-state index contributed by atoms with van der Waals surface area (Å²) in [5.41, 5.74) is 0.782. The molecule has 0 spiro atoms. The van der Waals surface area contributed by atoms with Crippen LogP contribution in [0, 0.1) is 11.3 Å². The number of methoxy groups -OCH3 is 1. The fourth-order valence-electron chi connectivity index (χ4n) is 1.41. The molecule has 1 aromatic carbocycles.